The number of nitrogens with one attached hydrogen (secondary N) is 1. The average Bonchev–Trinajstić information content (AvgIpc) is 3.16. The third kappa shape index (κ3) is 5.49. The zero-order valence-electron chi connectivity index (χ0n) is 12.5. The van der Waals surface area contributed by atoms with Gasteiger partial charge in [-0.2, -0.15) is 13.2 Å². The van der Waals surface area contributed by atoms with Crippen LogP contribution in [0.3, 0.4) is 0 Å². The highest BCUT2D eigenvalue weighted by molar-refractivity contribution is 5.39. The highest BCUT2D eigenvalue weighted by Crippen LogP contribution is 2.33. The largest absolute Gasteiger partial charge is 0.405 e. The van der Waals surface area contributed by atoms with Crippen molar-refractivity contribution in [3.05, 3.63) is 18.1 Å². The number of hydrogen-bond acceptors (Lipinski definition) is 4. The van der Waals surface area contributed by atoms with Crippen LogP contribution in [0.5, 0.6) is 0 Å². The number of rotatable bonds is 5. The van der Waals surface area contributed by atoms with E-state index in [1.54, 1.807) is 6.20 Å². The lowest BCUT2D eigenvalue weighted by molar-refractivity contribution is -0.120. The summed E-state index contributed by atoms with van der Waals surface area (Å²) in [6, 6.07) is -0.0560. The first-order valence-electron chi connectivity index (χ1n) is 7.03. The molecule has 0 amide bonds. The Morgan fingerprint density at radius 3 is 2.29 bits per heavy atom. The van der Waals surface area contributed by atoms with Gasteiger partial charge in [-0.3, -0.25) is 4.98 Å². The van der Waals surface area contributed by atoms with Gasteiger partial charge in [0.05, 0.1) is 18.1 Å². The van der Waals surface area contributed by atoms with Crippen molar-refractivity contribution >= 4 is 5.82 Å². The Morgan fingerprint density at radius 1 is 1.19 bits per heavy atom. The molecule has 0 atom stereocenters. The molecule has 118 valence electrons. The Balaban J connectivity index is 2.02. The summed E-state index contributed by atoms with van der Waals surface area (Å²) >= 11 is 0. The van der Waals surface area contributed by atoms with Crippen molar-refractivity contribution in [2.45, 2.75) is 57.9 Å². The predicted octanol–water partition coefficient (Wildman–Crippen LogP) is 2.90. The molecule has 4 nitrogen and oxygen atoms in total. The van der Waals surface area contributed by atoms with Crippen molar-refractivity contribution < 1.29 is 13.2 Å². The molecule has 0 bridgehead atoms. The van der Waals surface area contributed by atoms with Crippen LogP contribution < -0.4 is 10.2 Å². The summed E-state index contributed by atoms with van der Waals surface area (Å²) in [4.78, 5) is 9.66. The number of aromatic nitrogens is 2. The molecule has 0 aliphatic heterocycles. The molecule has 1 fully saturated rings. The monoisotopic (exact) mass is 302 g/mol. The Bertz CT molecular complexity index is 461. The zero-order valence-corrected chi connectivity index (χ0v) is 12.5. The maximum Gasteiger partial charge on any atom is 0.405 e. The van der Waals surface area contributed by atoms with Crippen molar-refractivity contribution in [2.24, 2.45) is 0 Å². The molecule has 0 unspecified atom stereocenters. The lowest BCUT2D eigenvalue weighted by Gasteiger charge is -2.24. The standard InChI is InChI=1S/C14H21F3N4/c1-13(2,3)20-7-10-6-19-12(8-18-10)21(11-4-5-11)9-14(15,16)17/h6,8,11,20H,4-5,7,9H2,1-3H3. The van der Waals surface area contributed by atoms with Gasteiger partial charge in [-0.05, 0) is 33.6 Å². The van der Waals surface area contributed by atoms with Gasteiger partial charge >= 0.3 is 6.18 Å². The molecule has 1 N–H and O–H groups in total. The van der Waals surface area contributed by atoms with Crippen LogP contribution in [-0.4, -0.2) is 34.3 Å². The average molecular weight is 302 g/mol. The molecular weight excluding hydrogens is 281 g/mol. The van der Waals surface area contributed by atoms with Gasteiger partial charge in [-0.25, -0.2) is 4.98 Å². The van der Waals surface area contributed by atoms with Crippen molar-refractivity contribution in [3.8, 4) is 0 Å². The first-order valence-corrected chi connectivity index (χ1v) is 7.03. The molecule has 2 rings (SSSR count). The minimum absolute atomic E-state index is 0.0450. The second-order valence-electron chi connectivity index (χ2n) is 6.44. The van der Waals surface area contributed by atoms with Gasteiger partial charge in [0.2, 0.25) is 0 Å². The van der Waals surface area contributed by atoms with Crippen LogP contribution in [0, 0.1) is 0 Å². The summed E-state index contributed by atoms with van der Waals surface area (Å²) in [6.07, 6.45) is 0.316. The van der Waals surface area contributed by atoms with Crippen molar-refractivity contribution in [1.29, 1.82) is 0 Å². The smallest absolute Gasteiger partial charge is 0.343 e. The van der Waals surface area contributed by atoms with E-state index in [0.29, 0.717) is 12.4 Å². The van der Waals surface area contributed by atoms with Crippen molar-refractivity contribution in [3.63, 3.8) is 0 Å². The SMILES string of the molecule is CC(C)(C)NCc1cnc(N(CC(F)(F)F)C2CC2)cn1. The molecule has 1 aliphatic carbocycles. The van der Waals surface area contributed by atoms with E-state index in [9.17, 15) is 13.2 Å². The third-order valence-corrected chi connectivity index (χ3v) is 3.12. The second kappa shape index (κ2) is 5.79. The summed E-state index contributed by atoms with van der Waals surface area (Å²) in [5.41, 5.74) is 0.674. The maximum atomic E-state index is 12.6. The van der Waals surface area contributed by atoms with Gasteiger partial charge in [0.15, 0.2) is 0 Å². The molecule has 0 radical (unpaired) electrons. The number of anilines is 1. The molecule has 0 spiro atoms. The molecular formula is C14H21F3N4. The van der Waals surface area contributed by atoms with Crippen LogP contribution in [0.2, 0.25) is 0 Å². The van der Waals surface area contributed by atoms with E-state index >= 15 is 0 Å². The van der Waals surface area contributed by atoms with E-state index in [2.05, 4.69) is 15.3 Å². The Morgan fingerprint density at radius 2 is 1.86 bits per heavy atom. The van der Waals surface area contributed by atoms with Gasteiger partial charge in [-0.1, -0.05) is 0 Å². The van der Waals surface area contributed by atoms with E-state index in [0.717, 1.165) is 18.5 Å². The van der Waals surface area contributed by atoms with E-state index in [-0.39, 0.29) is 11.6 Å². The van der Waals surface area contributed by atoms with E-state index in [1.807, 2.05) is 20.8 Å². The fourth-order valence-corrected chi connectivity index (χ4v) is 1.92. The predicted molar refractivity (Wildman–Crippen MR) is 75.0 cm³/mol. The number of hydrogen-bond donors (Lipinski definition) is 1. The van der Waals surface area contributed by atoms with Gasteiger partial charge < -0.3 is 10.2 Å². The van der Waals surface area contributed by atoms with Gasteiger partial charge in [0.25, 0.3) is 0 Å². The van der Waals surface area contributed by atoms with E-state index in [1.165, 1.54) is 11.1 Å². The topological polar surface area (TPSA) is 41.1 Å². The van der Waals surface area contributed by atoms with Crippen molar-refractivity contribution in [2.75, 3.05) is 11.4 Å². The van der Waals surface area contributed by atoms with Gasteiger partial charge in [0.1, 0.15) is 12.4 Å². The Kier molecular flexibility index (Phi) is 4.41. The molecule has 1 aromatic heterocycles. The fraction of sp³-hybridized carbons (Fsp3) is 0.714. The molecule has 0 aromatic carbocycles. The molecule has 21 heavy (non-hydrogen) atoms. The maximum absolute atomic E-state index is 12.6. The molecule has 7 heteroatoms. The summed E-state index contributed by atoms with van der Waals surface area (Å²) < 4.78 is 37.8. The van der Waals surface area contributed by atoms with Crippen LogP contribution in [0.15, 0.2) is 12.4 Å². The van der Waals surface area contributed by atoms with Crippen LogP contribution in [0.4, 0.5) is 19.0 Å². The Labute approximate surface area is 122 Å². The number of nitrogens with zero attached hydrogens (tertiary/aromatic N) is 3. The Hall–Kier alpha value is -1.37. The molecule has 1 aliphatic rings. The van der Waals surface area contributed by atoms with Gasteiger partial charge in [-0.15, -0.1) is 0 Å². The summed E-state index contributed by atoms with van der Waals surface area (Å²) in [6.45, 7) is 5.68. The van der Waals surface area contributed by atoms with Gasteiger partial charge in [0, 0.05) is 18.1 Å². The summed E-state index contributed by atoms with van der Waals surface area (Å²) in [7, 11) is 0. The molecule has 1 heterocycles. The number of alkyl halides is 3. The molecule has 0 saturated heterocycles. The summed E-state index contributed by atoms with van der Waals surface area (Å²) in [5.74, 6) is 0.300. The van der Waals surface area contributed by atoms with Crippen LogP contribution in [0.25, 0.3) is 0 Å². The van der Waals surface area contributed by atoms with E-state index < -0.39 is 12.7 Å². The quantitative estimate of drug-likeness (QED) is 0.908. The van der Waals surface area contributed by atoms with Crippen LogP contribution >= 0.6 is 0 Å². The summed E-state index contributed by atoms with van der Waals surface area (Å²) in [5, 5.41) is 3.26. The molecule has 1 saturated carbocycles. The highest BCUT2D eigenvalue weighted by atomic mass is 19.4. The first-order chi connectivity index (χ1) is 9.64. The minimum atomic E-state index is -4.23. The highest BCUT2D eigenvalue weighted by Gasteiger charge is 2.38. The van der Waals surface area contributed by atoms with Crippen LogP contribution in [0.1, 0.15) is 39.3 Å². The number of halogens is 3. The second-order valence-corrected chi connectivity index (χ2v) is 6.44. The fourth-order valence-electron chi connectivity index (χ4n) is 1.92. The lowest BCUT2D eigenvalue weighted by atomic mass is 10.1. The minimum Gasteiger partial charge on any atom is -0.343 e. The zero-order chi connectivity index (χ0) is 15.7. The normalized spacial score (nSPS) is 16.1. The van der Waals surface area contributed by atoms with Crippen LogP contribution in [-0.2, 0) is 6.54 Å². The third-order valence-electron chi connectivity index (χ3n) is 3.12. The van der Waals surface area contributed by atoms with Crippen molar-refractivity contribution in [1.82, 2.24) is 15.3 Å². The molecule has 1 aromatic rings. The first kappa shape index (κ1) is 16.0. The van der Waals surface area contributed by atoms with E-state index in [4.69, 9.17) is 0 Å². The lowest BCUT2D eigenvalue weighted by Crippen LogP contribution is -2.37.